The van der Waals surface area contributed by atoms with Crippen LogP contribution in [0.25, 0.3) is 0 Å². The summed E-state index contributed by atoms with van der Waals surface area (Å²) in [6, 6.07) is 7.72. The first-order chi connectivity index (χ1) is 11.5. The van der Waals surface area contributed by atoms with Gasteiger partial charge in [0.25, 0.3) is 0 Å². The lowest BCUT2D eigenvalue weighted by Crippen LogP contribution is -2.38. The van der Waals surface area contributed by atoms with Gasteiger partial charge in [0.05, 0.1) is 0 Å². The Morgan fingerprint density at radius 3 is 2.44 bits per heavy atom. The molecule has 0 spiro atoms. The molecule has 3 nitrogen and oxygen atoms in total. The number of aryl methyl sites for hydroxylation is 1. The van der Waals surface area contributed by atoms with Gasteiger partial charge in [-0.15, -0.1) is 6.58 Å². The molecule has 3 heteroatoms. The van der Waals surface area contributed by atoms with Crippen molar-refractivity contribution in [3.05, 3.63) is 59.7 Å². The molecule has 25 heavy (non-hydrogen) atoms. The van der Waals surface area contributed by atoms with Crippen molar-refractivity contribution in [2.45, 2.75) is 59.0 Å². The number of ketones is 1. The fraction of sp³-hybridized carbons (Fsp3) is 0.455. The maximum atomic E-state index is 13.3. The molecule has 1 atom stereocenters. The number of carbonyl (C=O) groups excluding carboxylic acids is 2. The van der Waals surface area contributed by atoms with E-state index >= 15 is 0 Å². The summed E-state index contributed by atoms with van der Waals surface area (Å²) in [5.74, 6) is -0.345. The topological polar surface area (TPSA) is 43.4 Å². The van der Waals surface area contributed by atoms with Crippen molar-refractivity contribution in [2.75, 3.05) is 0 Å². The van der Waals surface area contributed by atoms with Crippen LogP contribution in [-0.4, -0.2) is 17.4 Å². The molecule has 0 bridgehead atoms. The Hall–Kier alpha value is -2.16. The molecule has 1 aromatic rings. The Morgan fingerprint density at radius 2 is 1.84 bits per heavy atom. The average Bonchev–Trinajstić information content (AvgIpc) is 2.49. The van der Waals surface area contributed by atoms with Gasteiger partial charge in [0.15, 0.2) is 5.78 Å². The first kappa shape index (κ1) is 19.2. The first-order valence-electron chi connectivity index (χ1n) is 8.72. The molecule has 0 saturated heterocycles. The lowest BCUT2D eigenvalue weighted by Gasteiger charge is -2.37. The lowest BCUT2D eigenvalue weighted by molar-refractivity contribution is -0.150. The van der Waals surface area contributed by atoms with Crippen molar-refractivity contribution in [2.24, 2.45) is 5.41 Å². The first-order valence-corrected chi connectivity index (χ1v) is 8.72. The number of Topliss-reactive ketones (excluding diaryl/α,β-unsaturated/α-hetero) is 1. The smallest absolute Gasteiger partial charge is 0.333 e. The van der Waals surface area contributed by atoms with Crippen LogP contribution in [0.1, 0.15) is 62.9 Å². The third kappa shape index (κ3) is 4.47. The minimum Gasteiger partial charge on any atom is -0.457 e. The van der Waals surface area contributed by atoms with Crippen LogP contribution in [0.3, 0.4) is 0 Å². The fourth-order valence-corrected chi connectivity index (χ4v) is 3.54. The Bertz CT molecular complexity index is 721. The number of ether oxygens (including phenoxy) is 1. The van der Waals surface area contributed by atoms with Gasteiger partial charge in [0.2, 0.25) is 0 Å². The predicted octanol–water partition coefficient (Wildman–Crippen LogP) is 5.06. The molecule has 1 aromatic carbocycles. The van der Waals surface area contributed by atoms with Gasteiger partial charge in [0.1, 0.15) is 5.60 Å². The van der Waals surface area contributed by atoms with E-state index in [0.717, 1.165) is 23.1 Å². The zero-order chi connectivity index (χ0) is 18.8. The summed E-state index contributed by atoms with van der Waals surface area (Å²) in [4.78, 5) is 25.6. The highest BCUT2D eigenvalue weighted by atomic mass is 16.6. The Labute approximate surface area is 150 Å². The molecule has 1 aliphatic rings. The van der Waals surface area contributed by atoms with Gasteiger partial charge in [-0.25, -0.2) is 4.79 Å². The molecule has 0 amide bonds. The van der Waals surface area contributed by atoms with Crippen molar-refractivity contribution >= 4 is 11.8 Å². The molecule has 0 fully saturated rings. The normalized spacial score (nSPS) is 19.9. The van der Waals surface area contributed by atoms with Gasteiger partial charge in [-0.3, -0.25) is 4.79 Å². The van der Waals surface area contributed by atoms with Crippen LogP contribution in [0.15, 0.2) is 48.6 Å². The molecule has 1 unspecified atom stereocenters. The number of esters is 1. The van der Waals surface area contributed by atoms with Crippen LogP contribution >= 0.6 is 0 Å². The Morgan fingerprint density at radius 1 is 1.20 bits per heavy atom. The highest BCUT2D eigenvalue weighted by Crippen LogP contribution is 2.44. The van der Waals surface area contributed by atoms with Crippen LogP contribution < -0.4 is 0 Å². The zero-order valence-electron chi connectivity index (χ0n) is 15.8. The van der Waals surface area contributed by atoms with E-state index in [4.69, 9.17) is 4.74 Å². The SMILES string of the molecule is C=C(C)CC1(CC(=C)C(=O)OC(C)(C)C)CCc2ccccc2C1=O. The lowest BCUT2D eigenvalue weighted by atomic mass is 9.64. The van der Waals surface area contributed by atoms with Gasteiger partial charge in [-0.2, -0.15) is 0 Å². The quantitative estimate of drug-likeness (QED) is 0.428. The van der Waals surface area contributed by atoms with Crippen molar-refractivity contribution in [1.29, 1.82) is 0 Å². The summed E-state index contributed by atoms with van der Waals surface area (Å²) in [5.41, 5.74) is 1.88. The molecule has 0 aliphatic heterocycles. The number of allylic oxidation sites excluding steroid dienone is 1. The van der Waals surface area contributed by atoms with E-state index in [1.54, 1.807) is 0 Å². The van der Waals surface area contributed by atoms with Crippen molar-refractivity contribution in [3.63, 3.8) is 0 Å². The minimum atomic E-state index is -0.659. The summed E-state index contributed by atoms with van der Waals surface area (Å²) in [6.07, 6.45) is 2.37. The third-order valence-corrected chi connectivity index (χ3v) is 4.50. The van der Waals surface area contributed by atoms with Gasteiger partial charge < -0.3 is 4.74 Å². The number of carbonyl (C=O) groups is 2. The second-order valence-electron chi connectivity index (χ2n) is 8.18. The summed E-state index contributed by atoms with van der Waals surface area (Å²) in [7, 11) is 0. The summed E-state index contributed by atoms with van der Waals surface area (Å²) < 4.78 is 5.42. The second-order valence-corrected chi connectivity index (χ2v) is 8.18. The molecular weight excluding hydrogens is 312 g/mol. The van der Waals surface area contributed by atoms with Gasteiger partial charge >= 0.3 is 5.97 Å². The van der Waals surface area contributed by atoms with Crippen LogP contribution in [0.4, 0.5) is 0 Å². The molecule has 2 rings (SSSR count). The predicted molar refractivity (Wildman–Crippen MR) is 101 cm³/mol. The largest absolute Gasteiger partial charge is 0.457 e. The van der Waals surface area contributed by atoms with E-state index in [9.17, 15) is 9.59 Å². The standard InChI is InChI=1S/C22H28O3/c1-15(2)13-22(14-16(3)20(24)25-21(4,5)6)12-11-17-9-7-8-10-18(17)19(22)23/h7-10H,1,3,11-14H2,2,4-6H3. The monoisotopic (exact) mass is 340 g/mol. The molecule has 0 N–H and O–H groups in total. The van der Waals surface area contributed by atoms with Crippen molar-refractivity contribution in [1.82, 2.24) is 0 Å². The second kappa shape index (κ2) is 6.99. The van der Waals surface area contributed by atoms with Crippen molar-refractivity contribution in [3.8, 4) is 0 Å². The molecule has 0 saturated carbocycles. The zero-order valence-corrected chi connectivity index (χ0v) is 15.8. The van der Waals surface area contributed by atoms with E-state index in [0.29, 0.717) is 24.8 Å². The average molecular weight is 340 g/mol. The Balaban J connectivity index is 2.31. The third-order valence-electron chi connectivity index (χ3n) is 4.50. The number of fused-ring (bicyclic) bond motifs is 1. The maximum absolute atomic E-state index is 13.3. The highest BCUT2D eigenvalue weighted by Gasteiger charge is 2.43. The Kier molecular flexibility index (Phi) is 5.36. The van der Waals surface area contributed by atoms with Gasteiger partial charge in [0, 0.05) is 16.6 Å². The number of rotatable bonds is 5. The number of hydrogen-bond donors (Lipinski definition) is 0. The number of hydrogen-bond acceptors (Lipinski definition) is 3. The maximum Gasteiger partial charge on any atom is 0.333 e. The van der Waals surface area contributed by atoms with Crippen LogP contribution in [0.2, 0.25) is 0 Å². The van der Waals surface area contributed by atoms with Crippen LogP contribution in [-0.2, 0) is 16.0 Å². The minimum absolute atomic E-state index is 0.0852. The summed E-state index contributed by atoms with van der Waals surface area (Å²) in [5, 5.41) is 0. The van der Waals surface area contributed by atoms with E-state index in [2.05, 4.69) is 13.2 Å². The molecule has 1 aliphatic carbocycles. The molecule has 0 radical (unpaired) electrons. The molecule has 0 aromatic heterocycles. The van der Waals surface area contributed by atoms with E-state index < -0.39 is 17.0 Å². The van der Waals surface area contributed by atoms with Crippen LogP contribution in [0.5, 0.6) is 0 Å². The van der Waals surface area contributed by atoms with E-state index in [1.165, 1.54) is 0 Å². The molecule has 134 valence electrons. The number of benzene rings is 1. The van der Waals surface area contributed by atoms with E-state index in [-0.39, 0.29) is 5.78 Å². The van der Waals surface area contributed by atoms with Crippen molar-refractivity contribution < 1.29 is 14.3 Å². The molecule has 0 heterocycles. The summed E-state index contributed by atoms with van der Waals surface area (Å²) in [6.45, 7) is 15.3. The van der Waals surface area contributed by atoms with Gasteiger partial charge in [-0.1, -0.05) is 36.4 Å². The van der Waals surface area contributed by atoms with E-state index in [1.807, 2.05) is 52.0 Å². The fourth-order valence-electron chi connectivity index (χ4n) is 3.54. The van der Waals surface area contributed by atoms with Crippen LogP contribution in [0, 0.1) is 5.41 Å². The molecular formula is C22H28O3. The van der Waals surface area contributed by atoms with Gasteiger partial charge in [-0.05, 0) is 58.9 Å². The summed E-state index contributed by atoms with van der Waals surface area (Å²) >= 11 is 0. The highest BCUT2D eigenvalue weighted by molar-refractivity contribution is 6.04.